The molecule has 5 rings (SSSR count). The number of fused-ring (bicyclic) bond motifs is 2. The Kier molecular flexibility index (Phi) is 16.1. The van der Waals surface area contributed by atoms with E-state index in [4.69, 9.17) is 26.1 Å². The lowest BCUT2D eigenvalue weighted by atomic mass is 9.91. The average Bonchev–Trinajstić information content (AvgIpc) is 3.69. The zero-order valence-corrected chi connectivity index (χ0v) is 31.5. The van der Waals surface area contributed by atoms with Crippen LogP contribution in [0, 0.1) is 0 Å². The van der Waals surface area contributed by atoms with Crippen LogP contribution in [-0.4, -0.2) is 73.4 Å². The first-order chi connectivity index (χ1) is 23.7. The summed E-state index contributed by atoms with van der Waals surface area (Å²) in [6, 6.07) is 21.9. The van der Waals surface area contributed by atoms with Crippen molar-refractivity contribution in [1.82, 2.24) is 4.90 Å². The minimum atomic E-state index is -1.19. The number of rotatable bonds is 11. The Morgan fingerprint density at radius 1 is 1.04 bits per heavy atom. The molecule has 8 heteroatoms. The molecule has 3 aromatic rings. The molecule has 0 spiro atoms. The quantitative estimate of drug-likeness (QED) is 0.114. The third-order valence-electron chi connectivity index (χ3n) is 9.03. The molecule has 2 aliphatic heterocycles. The minimum absolute atomic E-state index is 0.0581. The van der Waals surface area contributed by atoms with Crippen molar-refractivity contribution in [2.24, 2.45) is 9.98 Å². The highest BCUT2D eigenvalue weighted by Gasteiger charge is 2.46. The van der Waals surface area contributed by atoms with Crippen LogP contribution in [0.25, 0.3) is 16.5 Å². The molecule has 0 radical (unpaired) electrons. The molecular formula is C41H57ClFN4O2+. The highest BCUT2D eigenvalue weighted by Crippen LogP contribution is 2.41. The van der Waals surface area contributed by atoms with Gasteiger partial charge in [-0.1, -0.05) is 106 Å². The zero-order valence-electron chi connectivity index (χ0n) is 30.8. The van der Waals surface area contributed by atoms with Crippen LogP contribution in [0.3, 0.4) is 0 Å². The summed E-state index contributed by atoms with van der Waals surface area (Å²) in [6.45, 7) is 17.4. The first kappa shape index (κ1) is 40.0. The maximum Gasteiger partial charge on any atom is 0.493 e. The van der Waals surface area contributed by atoms with Gasteiger partial charge >= 0.3 is 6.02 Å². The molecule has 2 heterocycles. The van der Waals surface area contributed by atoms with Crippen LogP contribution >= 0.6 is 11.6 Å². The fourth-order valence-electron chi connectivity index (χ4n) is 6.72. The van der Waals surface area contributed by atoms with Crippen molar-refractivity contribution >= 4 is 47.0 Å². The smallest absolute Gasteiger partial charge is 0.427 e. The Bertz CT molecular complexity index is 1570. The Morgan fingerprint density at radius 2 is 1.69 bits per heavy atom. The standard InChI is InChI=1S/C31H41ClFN4O.C8H10O.C2H6/c1-6-16-30(3,35-29(36(4)5)38-22-31-17-10-20-37(31)21-11-18-31)28(33)27(34-19-7-2)24-14-8-12-23-13-9-15-25(32)26(23)24;1-9-7-8-5-3-2-4-6-8;1-2/h8-9,12-15,19H,4,6-7,10-11,16-18,20-22H2,1-3,5H3;2-6H,7H2,1H3;1-2H3/q+1;;/b28-27+,34-19?,35-29?;;/t30-;;/m1../s1. The number of halogens is 2. The second kappa shape index (κ2) is 19.7. The van der Waals surface area contributed by atoms with Crippen molar-refractivity contribution in [3.8, 4) is 0 Å². The van der Waals surface area contributed by atoms with Gasteiger partial charge < -0.3 is 9.47 Å². The van der Waals surface area contributed by atoms with Gasteiger partial charge in [0.1, 0.15) is 12.3 Å². The molecule has 2 saturated heterocycles. The van der Waals surface area contributed by atoms with Gasteiger partial charge in [0.15, 0.2) is 5.83 Å². The molecule has 0 saturated carbocycles. The second-order valence-corrected chi connectivity index (χ2v) is 13.2. The van der Waals surface area contributed by atoms with E-state index >= 15 is 4.39 Å². The van der Waals surface area contributed by atoms with Crippen molar-refractivity contribution in [1.29, 1.82) is 0 Å². The lowest BCUT2D eigenvalue weighted by molar-refractivity contribution is -0.385. The van der Waals surface area contributed by atoms with Crippen molar-refractivity contribution < 1.29 is 18.4 Å². The van der Waals surface area contributed by atoms with Crippen molar-refractivity contribution in [3.63, 3.8) is 0 Å². The first-order valence-electron chi connectivity index (χ1n) is 17.8. The summed E-state index contributed by atoms with van der Waals surface area (Å²) in [5.74, 6) is -0.402. The Hall–Kier alpha value is -3.39. The summed E-state index contributed by atoms with van der Waals surface area (Å²) in [4.78, 5) is 12.1. The molecule has 1 atom stereocenters. The van der Waals surface area contributed by atoms with E-state index in [1.54, 1.807) is 24.9 Å². The number of benzene rings is 3. The third-order valence-corrected chi connectivity index (χ3v) is 9.35. The van der Waals surface area contributed by atoms with Crippen LogP contribution in [0.15, 0.2) is 82.5 Å². The molecule has 266 valence electrons. The minimum Gasteiger partial charge on any atom is -0.427 e. The number of nitrogens with zero attached hydrogens (tertiary/aromatic N) is 4. The topological polar surface area (TPSA) is 49.4 Å². The number of hydrogen-bond acceptors (Lipinski definition) is 5. The number of amidine groups is 1. The number of ether oxygens (including phenoxy) is 2. The molecular weight excluding hydrogens is 635 g/mol. The number of hydrogen-bond donors (Lipinski definition) is 0. The van der Waals surface area contributed by atoms with Gasteiger partial charge in [-0.2, -0.15) is 0 Å². The lowest BCUT2D eigenvalue weighted by Gasteiger charge is -2.31. The maximum absolute atomic E-state index is 16.9. The van der Waals surface area contributed by atoms with Crippen molar-refractivity contribution in [2.45, 2.75) is 97.2 Å². The summed E-state index contributed by atoms with van der Waals surface area (Å²) in [7, 11) is 3.50. The van der Waals surface area contributed by atoms with Crippen LogP contribution in [-0.2, 0) is 16.1 Å². The molecule has 2 aliphatic rings. The van der Waals surface area contributed by atoms with Crippen molar-refractivity contribution in [3.05, 3.63) is 88.7 Å². The summed E-state index contributed by atoms with van der Waals surface area (Å²) >= 11 is 6.63. The van der Waals surface area contributed by atoms with E-state index in [0.29, 0.717) is 42.7 Å². The Morgan fingerprint density at radius 3 is 2.29 bits per heavy atom. The van der Waals surface area contributed by atoms with Crippen LogP contribution in [0.5, 0.6) is 0 Å². The maximum atomic E-state index is 16.9. The van der Waals surface area contributed by atoms with Gasteiger partial charge in [-0.05, 0) is 74.1 Å². The number of methoxy groups -OCH3 is 1. The predicted molar refractivity (Wildman–Crippen MR) is 207 cm³/mol. The van der Waals surface area contributed by atoms with Crippen LogP contribution in [0.1, 0.15) is 90.7 Å². The molecule has 0 N–H and O–H groups in total. The van der Waals surface area contributed by atoms with Crippen LogP contribution < -0.4 is 0 Å². The largest absolute Gasteiger partial charge is 0.493 e. The molecule has 3 aromatic carbocycles. The predicted octanol–water partition coefficient (Wildman–Crippen LogP) is 10.4. The SMILES string of the molecule is C=[N+](C)C(=N[C@](C)(CCC)/C(F)=C(\N=CCC)c1cccc2cccc(Cl)c12)OCC12CCCN1CCC2.CC.COCc1ccccc1. The van der Waals surface area contributed by atoms with Gasteiger partial charge in [-0.15, -0.1) is 0 Å². The summed E-state index contributed by atoms with van der Waals surface area (Å²) in [5.41, 5.74) is 1.00. The molecule has 49 heavy (non-hydrogen) atoms. The first-order valence-corrected chi connectivity index (χ1v) is 18.2. The Labute approximate surface area is 299 Å². The van der Waals surface area contributed by atoms with Crippen LogP contribution in [0.2, 0.25) is 5.02 Å². The molecule has 0 unspecified atom stereocenters. The van der Waals surface area contributed by atoms with Gasteiger partial charge in [-0.3, -0.25) is 9.89 Å². The van der Waals surface area contributed by atoms with Gasteiger partial charge in [-0.25, -0.2) is 8.97 Å². The second-order valence-electron chi connectivity index (χ2n) is 12.8. The fraction of sp³-hybridized carbons (Fsp3) is 0.488. The highest BCUT2D eigenvalue weighted by atomic mass is 35.5. The molecule has 0 aromatic heterocycles. The monoisotopic (exact) mass is 691 g/mol. The summed E-state index contributed by atoms with van der Waals surface area (Å²) in [5, 5.41) is 2.28. The van der Waals surface area contributed by atoms with E-state index in [1.807, 2.05) is 101 Å². The van der Waals surface area contributed by atoms with E-state index in [1.165, 1.54) is 18.4 Å². The van der Waals surface area contributed by atoms with E-state index in [9.17, 15) is 0 Å². The van der Waals surface area contributed by atoms with Gasteiger partial charge in [0, 0.05) is 35.7 Å². The van der Waals surface area contributed by atoms with E-state index < -0.39 is 11.4 Å². The van der Waals surface area contributed by atoms with E-state index in [0.717, 1.165) is 43.1 Å². The van der Waals surface area contributed by atoms with Crippen molar-refractivity contribution in [2.75, 3.05) is 33.9 Å². The Balaban J connectivity index is 0.000000507. The molecule has 0 bridgehead atoms. The zero-order chi connectivity index (χ0) is 35.9. The average molecular weight is 692 g/mol. The van der Waals surface area contributed by atoms with Gasteiger partial charge in [0.05, 0.1) is 25.9 Å². The van der Waals surface area contributed by atoms with Gasteiger partial charge in [0.2, 0.25) is 5.54 Å². The third kappa shape index (κ3) is 10.3. The molecule has 0 amide bonds. The van der Waals surface area contributed by atoms with Gasteiger partial charge in [0.25, 0.3) is 0 Å². The lowest BCUT2D eigenvalue weighted by Crippen LogP contribution is -2.44. The number of aliphatic imine (C=N–C) groups is 2. The van der Waals surface area contributed by atoms with E-state index in [2.05, 4.69) is 16.6 Å². The fourth-order valence-corrected chi connectivity index (χ4v) is 7.00. The summed E-state index contributed by atoms with van der Waals surface area (Å²) < 4.78 is 29.8. The summed E-state index contributed by atoms with van der Waals surface area (Å²) in [6.07, 6.45) is 8.26. The molecule has 6 nitrogen and oxygen atoms in total. The van der Waals surface area contributed by atoms with E-state index in [-0.39, 0.29) is 11.2 Å². The van der Waals surface area contributed by atoms with Crippen LogP contribution in [0.4, 0.5) is 4.39 Å². The molecule has 2 fully saturated rings. The normalized spacial score (nSPS) is 17.4. The molecule has 0 aliphatic carbocycles. The highest BCUT2D eigenvalue weighted by molar-refractivity contribution is 6.36.